The van der Waals surface area contributed by atoms with Gasteiger partial charge in [-0.2, -0.15) is 0 Å². The quantitative estimate of drug-likeness (QED) is 0.589. The third kappa shape index (κ3) is 3.54. The third-order valence-corrected chi connectivity index (χ3v) is 6.73. The van der Waals surface area contributed by atoms with Gasteiger partial charge in [-0.1, -0.05) is 25.5 Å². The van der Waals surface area contributed by atoms with Crippen LogP contribution in [0, 0.1) is 0 Å². The van der Waals surface area contributed by atoms with E-state index in [4.69, 9.17) is 4.98 Å². The number of thiazole rings is 1. The number of amides is 4. The maximum atomic E-state index is 12.6. The van der Waals surface area contributed by atoms with Crippen LogP contribution in [0.3, 0.4) is 0 Å². The Morgan fingerprint density at radius 3 is 2.75 bits per heavy atom. The Morgan fingerprint density at radius 2 is 1.96 bits per heavy atom. The highest BCUT2D eigenvalue weighted by atomic mass is 32.1. The van der Waals surface area contributed by atoms with Crippen molar-refractivity contribution >= 4 is 39.4 Å². The van der Waals surface area contributed by atoms with Crippen molar-refractivity contribution in [3.8, 4) is 0 Å². The van der Waals surface area contributed by atoms with E-state index in [2.05, 4.69) is 6.07 Å². The minimum Gasteiger partial charge on any atom is -0.317 e. The predicted molar refractivity (Wildman–Crippen MR) is 106 cm³/mol. The SMILES string of the molecule is CCCCN1C(=O)C(=O)N(C[NH+]2CCC[C@H](c3nc4ccccc4s3)C2)C1=O. The summed E-state index contributed by atoms with van der Waals surface area (Å²) < 4.78 is 1.19. The first kappa shape index (κ1) is 19.0. The van der Waals surface area contributed by atoms with Gasteiger partial charge in [-0.3, -0.25) is 14.5 Å². The van der Waals surface area contributed by atoms with E-state index in [1.165, 1.54) is 4.70 Å². The Balaban J connectivity index is 1.44. The summed E-state index contributed by atoms with van der Waals surface area (Å²) in [6.45, 7) is 4.28. The summed E-state index contributed by atoms with van der Waals surface area (Å²) >= 11 is 1.73. The third-order valence-electron chi connectivity index (χ3n) is 5.53. The standard InChI is InChI=1S/C20H24N4O3S/c1-2-3-11-23-18(25)19(26)24(20(23)27)13-22-10-6-7-14(12-22)17-21-15-8-4-5-9-16(15)28-17/h4-5,8-9,14H,2-3,6-7,10-13H2,1H3/p+1/t14-/m0/s1. The highest BCUT2D eigenvalue weighted by Crippen LogP contribution is 2.30. The van der Waals surface area contributed by atoms with Gasteiger partial charge in [0, 0.05) is 6.54 Å². The first-order valence-corrected chi connectivity index (χ1v) is 10.8. The molecule has 7 nitrogen and oxygen atoms in total. The lowest BCUT2D eigenvalue weighted by atomic mass is 9.99. The van der Waals surface area contributed by atoms with E-state index in [1.54, 1.807) is 11.3 Å². The van der Waals surface area contributed by atoms with Crippen LogP contribution in [0.25, 0.3) is 10.2 Å². The molecule has 2 saturated heterocycles. The number of quaternary nitrogens is 1. The van der Waals surface area contributed by atoms with Gasteiger partial charge in [0.1, 0.15) is 5.01 Å². The van der Waals surface area contributed by atoms with Crippen molar-refractivity contribution in [2.75, 3.05) is 26.3 Å². The number of piperidine rings is 1. The van der Waals surface area contributed by atoms with Crippen molar-refractivity contribution in [1.82, 2.24) is 14.8 Å². The average Bonchev–Trinajstić information content (AvgIpc) is 3.23. The molecule has 2 aliphatic rings. The van der Waals surface area contributed by atoms with E-state index in [0.717, 1.165) is 64.0 Å². The smallest absolute Gasteiger partial charge is 0.317 e. The lowest BCUT2D eigenvalue weighted by Crippen LogP contribution is -3.15. The molecular weight excluding hydrogens is 376 g/mol. The van der Waals surface area contributed by atoms with Gasteiger partial charge in [0.2, 0.25) is 0 Å². The molecule has 0 saturated carbocycles. The van der Waals surface area contributed by atoms with Crippen LogP contribution in [0.1, 0.15) is 43.5 Å². The molecule has 2 aromatic rings. The minimum absolute atomic E-state index is 0.257. The van der Waals surface area contributed by atoms with Gasteiger partial charge in [-0.05, 0) is 31.4 Å². The normalized spacial score (nSPS) is 23.2. The second kappa shape index (κ2) is 7.97. The van der Waals surface area contributed by atoms with Crippen LogP contribution in [0.4, 0.5) is 4.79 Å². The number of rotatable bonds is 6. The van der Waals surface area contributed by atoms with Gasteiger partial charge in [-0.25, -0.2) is 14.7 Å². The number of benzene rings is 1. The van der Waals surface area contributed by atoms with Crippen LogP contribution in [-0.2, 0) is 9.59 Å². The van der Waals surface area contributed by atoms with E-state index in [-0.39, 0.29) is 6.67 Å². The molecule has 148 valence electrons. The summed E-state index contributed by atoms with van der Waals surface area (Å²) in [5.41, 5.74) is 1.02. The zero-order valence-electron chi connectivity index (χ0n) is 16.0. The number of aromatic nitrogens is 1. The van der Waals surface area contributed by atoms with Crippen molar-refractivity contribution in [1.29, 1.82) is 0 Å². The molecule has 2 fully saturated rings. The maximum absolute atomic E-state index is 12.6. The van der Waals surface area contributed by atoms with Gasteiger partial charge in [0.15, 0.2) is 6.67 Å². The molecule has 0 radical (unpaired) electrons. The highest BCUT2D eigenvalue weighted by molar-refractivity contribution is 7.18. The number of hydrogen-bond donors (Lipinski definition) is 1. The molecule has 3 heterocycles. The molecule has 2 aliphatic heterocycles. The Hall–Kier alpha value is -2.32. The van der Waals surface area contributed by atoms with Crippen LogP contribution < -0.4 is 4.90 Å². The van der Waals surface area contributed by atoms with Gasteiger partial charge < -0.3 is 4.90 Å². The molecule has 8 heteroatoms. The molecular formula is C20H25N4O3S+. The Morgan fingerprint density at radius 1 is 1.18 bits per heavy atom. The van der Waals surface area contributed by atoms with Crippen LogP contribution in [-0.4, -0.2) is 58.9 Å². The van der Waals surface area contributed by atoms with Gasteiger partial charge >= 0.3 is 17.8 Å². The lowest BCUT2D eigenvalue weighted by Gasteiger charge is -2.30. The largest absolute Gasteiger partial charge is 0.338 e. The van der Waals surface area contributed by atoms with Crippen LogP contribution >= 0.6 is 11.3 Å². The number of nitrogens with zero attached hydrogens (tertiary/aromatic N) is 3. The molecule has 4 amide bonds. The predicted octanol–water partition coefficient (Wildman–Crippen LogP) is 1.61. The Bertz CT molecular complexity index is 879. The topological polar surface area (TPSA) is 75.0 Å². The summed E-state index contributed by atoms with van der Waals surface area (Å²) in [6, 6.07) is 7.67. The fourth-order valence-electron chi connectivity index (χ4n) is 4.00. The number of nitrogens with one attached hydrogen (secondary N) is 1. The molecule has 1 N–H and O–H groups in total. The molecule has 2 atom stereocenters. The zero-order chi connectivity index (χ0) is 19.7. The van der Waals surface area contributed by atoms with E-state index in [9.17, 15) is 14.4 Å². The number of imide groups is 2. The number of fused-ring (bicyclic) bond motifs is 1. The molecule has 0 spiro atoms. The minimum atomic E-state index is -0.685. The van der Waals surface area contributed by atoms with Crippen molar-refractivity contribution in [3.05, 3.63) is 29.3 Å². The number of hydrogen-bond acceptors (Lipinski definition) is 5. The second-order valence-electron chi connectivity index (χ2n) is 7.55. The van der Waals surface area contributed by atoms with Crippen molar-refractivity contribution in [2.45, 2.75) is 38.5 Å². The van der Waals surface area contributed by atoms with Crippen LogP contribution in [0.15, 0.2) is 24.3 Å². The van der Waals surface area contributed by atoms with Gasteiger partial charge in [0.25, 0.3) is 0 Å². The molecule has 0 bridgehead atoms. The number of unbranched alkanes of at least 4 members (excludes halogenated alkanes) is 1. The Kier molecular flexibility index (Phi) is 5.41. The van der Waals surface area contributed by atoms with Crippen molar-refractivity contribution in [2.24, 2.45) is 0 Å². The monoisotopic (exact) mass is 401 g/mol. The van der Waals surface area contributed by atoms with Crippen molar-refractivity contribution < 1.29 is 19.3 Å². The van der Waals surface area contributed by atoms with E-state index >= 15 is 0 Å². The summed E-state index contributed by atoms with van der Waals surface area (Å²) in [4.78, 5) is 45.2. The summed E-state index contributed by atoms with van der Waals surface area (Å²) in [6.07, 6.45) is 3.66. The van der Waals surface area contributed by atoms with Crippen LogP contribution in [0.5, 0.6) is 0 Å². The highest BCUT2D eigenvalue weighted by Gasteiger charge is 2.46. The molecule has 0 aliphatic carbocycles. The summed E-state index contributed by atoms with van der Waals surface area (Å²) in [7, 11) is 0. The molecule has 1 aromatic carbocycles. The lowest BCUT2D eigenvalue weighted by molar-refractivity contribution is -0.913. The first-order valence-electron chi connectivity index (χ1n) is 9.95. The maximum Gasteiger partial charge on any atom is 0.338 e. The van der Waals surface area contributed by atoms with Gasteiger partial charge in [0.05, 0.1) is 29.2 Å². The fraction of sp³-hybridized carbons (Fsp3) is 0.500. The van der Waals surface area contributed by atoms with E-state index < -0.39 is 17.8 Å². The first-order chi connectivity index (χ1) is 13.6. The molecule has 4 rings (SSSR count). The number of para-hydroxylation sites is 1. The van der Waals surface area contributed by atoms with E-state index in [1.807, 2.05) is 25.1 Å². The van der Waals surface area contributed by atoms with Crippen LogP contribution in [0.2, 0.25) is 0 Å². The fourth-order valence-corrected chi connectivity index (χ4v) is 5.10. The van der Waals surface area contributed by atoms with Crippen molar-refractivity contribution in [3.63, 3.8) is 0 Å². The second-order valence-corrected chi connectivity index (χ2v) is 8.61. The number of likely N-dealkylation sites (tertiary alicyclic amines) is 1. The van der Waals surface area contributed by atoms with E-state index in [0.29, 0.717) is 12.5 Å². The van der Waals surface area contributed by atoms with Gasteiger partial charge in [-0.15, -0.1) is 11.3 Å². The molecule has 28 heavy (non-hydrogen) atoms. The number of carbonyl (C=O) groups excluding carboxylic acids is 3. The molecule has 1 unspecified atom stereocenters. The number of urea groups is 1. The molecule has 1 aromatic heterocycles. The zero-order valence-corrected chi connectivity index (χ0v) is 16.8. The summed E-state index contributed by atoms with van der Waals surface area (Å²) in [5, 5.41) is 1.12. The Labute approximate surface area is 167 Å². The number of carbonyl (C=O) groups is 3. The average molecular weight is 402 g/mol. The summed E-state index contributed by atoms with van der Waals surface area (Å²) in [5.74, 6) is -1.05.